The van der Waals surface area contributed by atoms with Crippen LogP contribution in [0.1, 0.15) is 31.2 Å². The van der Waals surface area contributed by atoms with E-state index in [1.165, 1.54) is 6.07 Å². The van der Waals surface area contributed by atoms with Crippen LogP contribution in [0.2, 0.25) is 0 Å². The standard InChI is InChI=1S/C12H14ClNO3/c13-8-9-5-6-12(11(7-9)14(15)16)17-10-3-1-2-4-10/h5-7,10H,1-4,8H2. The van der Waals surface area contributed by atoms with Gasteiger partial charge in [-0.3, -0.25) is 10.1 Å². The lowest BCUT2D eigenvalue weighted by Gasteiger charge is -2.13. The number of ether oxygens (including phenoxy) is 1. The Bertz CT molecular complexity index is 416. The number of hydrogen-bond acceptors (Lipinski definition) is 3. The van der Waals surface area contributed by atoms with Crippen molar-refractivity contribution in [3.8, 4) is 5.75 Å². The van der Waals surface area contributed by atoms with Crippen molar-refractivity contribution in [3.63, 3.8) is 0 Å². The minimum atomic E-state index is -0.416. The summed E-state index contributed by atoms with van der Waals surface area (Å²) in [4.78, 5) is 10.5. The van der Waals surface area contributed by atoms with E-state index in [1.54, 1.807) is 12.1 Å². The van der Waals surface area contributed by atoms with Crippen LogP contribution in [0, 0.1) is 10.1 Å². The molecule has 1 aliphatic carbocycles. The molecule has 0 unspecified atom stereocenters. The van der Waals surface area contributed by atoms with Crippen LogP contribution in [0.4, 0.5) is 5.69 Å². The van der Waals surface area contributed by atoms with Gasteiger partial charge in [0.2, 0.25) is 0 Å². The Morgan fingerprint density at radius 3 is 2.71 bits per heavy atom. The van der Waals surface area contributed by atoms with Crippen LogP contribution in [0.5, 0.6) is 5.75 Å². The third kappa shape index (κ3) is 2.88. The lowest BCUT2D eigenvalue weighted by atomic mass is 10.2. The maximum Gasteiger partial charge on any atom is 0.311 e. The van der Waals surface area contributed by atoms with E-state index >= 15 is 0 Å². The van der Waals surface area contributed by atoms with Gasteiger partial charge < -0.3 is 4.74 Å². The first-order valence-electron chi connectivity index (χ1n) is 5.70. The van der Waals surface area contributed by atoms with E-state index in [9.17, 15) is 10.1 Å². The zero-order valence-electron chi connectivity index (χ0n) is 9.39. The highest BCUT2D eigenvalue weighted by molar-refractivity contribution is 6.17. The van der Waals surface area contributed by atoms with E-state index in [2.05, 4.69) is 0 Å². The van der Waals surface area contributed by atoms with Crippen LogP contribution in [-0.4, -0.2) is 11.0 Å². The molecule has 1 fully saturated rings. The monoisotopic (exact) mass is 255 g/mol. The molecule has 0 bridgehead atoms. The van der Waals surface area contributed by atoms with Gasteiger partial charge in [0, 0.05) is 11.9 Å². The number of hydrogen-bond donors (Lipinski definition) is 0. The van der Waals surface area contributed by atoms with Gasteiger partial charge in [-0.1, -0.05) is 6.07 Å². The molecule has 1 aromatic rings. The summed E-state index contributed by atoms with van der Waals surface area (Å²) >= 11 is 5.66. The highest BCUT2D eigenvalue weighted by Crippen LogP contribution is 2.32. The lowest BCUT2D eigenvalue weighted by molar-refractivity contribution is -0.386. The van der Waals surface area contributed by atoms with E-state index in [4.69, 9.17) is 16.3 Å². The summed E-state index contributed by atoms with van der Waals surface area (Å²) in [5, 5.41) is 10.9. The molecule has 17 heavy (non-hydrogen) atoms. The molecule has 1 saturated carbocycles. The number of nitro groups is 1. The summed E-state index contributed by atoms with van der Waals surface area (Å²) in [5.74, 6) is 0.626. The first-order chi connectivity index (χ1) is 8.20. The van der Waals surface area contributed by atoms with Crippen molar-refractivity contribution < 1.29 is 9.66 Å². The van der Waals surface area contributed by atoms with Crippen LogP contribution in [0.3, 0.4) is 0 Å². The number of benzene rings is 1. The highest BCUT2D eigenvalue weighted by Gasteiger charge is 2.22. The molecule has 0 heterocycles. The van der Waals surface area contributed by atoms with Gasteiger partial charge in [-0.25, -0.2) is 0 Å². The van der Waals surface area contributed by atoms with E-state index in [1.807, 2.05) is 0 Å². The summed E-state index contributed by atoms with van der Waals surface area (Å²) in [6, 6.07) is 4.90. The molecule has 92 valence electrons. The van der Waals surface area contributed by atoms with E-state index < -0.39 is 4.92 Å². The predicted octanol–water partition coefficient (Wildman–Crippen LogP) is 3.66. The summed E-state index contributed by atoms with van der Waals surface area (Å²) in [7, 11) is 0. The Kier molecular flexibility index (Phi) is 3.84. The number of halogens is 1. The number of alkyl halides is 1. The number of rotatable bonds is 4. The van der Waals surface area contributed by atoms with Crippen LogP contribution in [-0.2, 0) is 5.88 Å². The second-order valence-corrected chi connectivity index (χ2v) is 4.48. The first-order valence-corrected chi connectivity index (χ1v) is 6.24. The Balaban J connectivity index is 2.22. The van der Waals surface area contributed by atoms with Crippen molar-refractivity contribution in [1.29, 1.82) is 0 Å². The summed E-state index contributed by atoms with van der Waals surface area (Å²) in [6.07, 6.45) is 4.36. The van der Waals surface area contributed by atoms with Gasteiger partial charge >= 0.3 is 5.69 Å². The molecule has 1 aliphatic rings. The average Bonchev–Trinajstić information content (AvgIpc) is 2.82. The minimum absolute atomic E-state index is 0.00931. The molecule has 0 aliphatic heterocycles. The first kappa shape index (κ1) is 12.2. The highest BCUT2D eigenvalue weighted by atomic mass is 35.5. The van der Waals surface area contributed by atoms with Crippen molar-refractivity contribution in [2.24, 2.45) is 0 Å². The second kappa shape index (κ2) is 5.36. The van der Waals surface area contributed by atoms with Gasteiger partial charge in [0.1, 0.15) is 0 Å². The van der Waals surface area contributed by atoms with Gasteiger partial charge in [0.15, 0.2) is 5.75 Å². The van der Waals surface area contributed by atoms with Gasteiger partial charge in [-0.05, 0) is 37.3 Å². The molecule has 0 spiro atoms. The van der Waals surface area contributed by atoms with Crippen LogP contribution in [0.25, 0.3) is 0 Å². The van der Waals surface area contributed by atoms with Gasteiger partial charge in [-0.15, -0.1) is 11.6 Å². The molecule has 4 nitrogen and oxygen atoms in total. The summed E-state index contributed by atoms with van der Waals surface area (Å²) in [6.45, 7) is 0. The van der Waals surface area contributed by atoms with Crippen molar-refractivity contribution in [3.05, 3.63) is 33.9 Å². The number of nitrogens with zero attached hydrogens (tertiary/aromatic N) is 1. The van der Waals surface area contributed by atoms with E-state index in [-0.39, 0.29) is 17.7 Å². The molecule has 0 aromatic heterocycles. The summed E-state index contributed by atoms with van der Waals surface area (Å²) < 4.78 is 5.68. The predicted molar refractivity (Wildman–Crippen MR) is 65.5 cm³/mol. The Morgan fingerprint density at radius 1 is 1.41 bits per heavy atom. The largest absolute Gasteiger partial charge is 0.484 e. The molecular formula is C12H14ClNO3. The molecule has 2 rings (SSSR count). The van der Waals surface area contributed by atoms with Crippen LogP contribution >= 0.6 is 11.6 Å². The lowest BCUT2D eigenvalue weighted by Crippen LogP contribution is -2.12. The van der Waals surface area contributed by atoms with E-state index in [0.29, 0.717) is 5.75 Å². The second-order valence-electron chi connectivity index (χ2n) is 4.22. The molecule has 0 saturated heterocycles. The maximum absolute atomic E-state index is 10.9. The Hall–Kier alpha value is -1.29. The van der Waals surface area contributed by atoms with Crippen molar-refractivity contribution in [2.45, 2.75) is 37.7 Å². The van der Waals surface area contributed by atoms with Gasteiger partial charge in [0.25, 0.3) is 0 Å². The third-order valence-corrected chi connectivity index (χ3v) is 3.28. The van der Waals surface area contributed by atoms with Gasteiger partial charge in [-0.2, -0.15) is 0 Å². The summed E-state index contributed by atoms with van der Waals surface area (Å²) in [5.41, 5.74) is 0.743. The topological polar surface area (TPSA) is 52.4 Å². The Morgan fingerprint density at radius 2 is 2.12 bits per heavy atom. The molecule has 0 atom stereocenters. The third-order valence-electron chi connectivity index (χ3n) is 2.97. The molecule has 0 amide bonds. The molecule has 0 radical (unpaired) electrons. The zero-order chi connectivity index (χ0) is 12.3. The van der Waals surface area contributed by atoms with Crippen molar-refractivity contribution in [1.82, 2.24) is 0 Å². The normalized spacial score (nSPS) is 16.1. The van der Waals surface area contributed by atoms with Crippen LogP contribution in [0.15, 0.2) is 18.2 Å². The van der Waals surface area contributed by atoms with Gasteiger partial charge in [0.05, 0.1) is 11.0 Å². The SMILES string of the molecule is O=[N+]([O-])c1cc(CCl)ccc1OC1CCCC1. The average molecular weight is 256 g/mol. The maximum atomic E-state index is 10.9. The molecular weight excluding hydrogens is 242 g/mol. The quantitative estimate of drug-likeness (QED) is 0.469. The molecule has 5 heteroatoms. The smallest absolute Gasteiger partial charge is 0.311 e. The fraction of sp³-hybridized carbons (Fsp3) is 0.500. The zero-order valence-corrected chi connectivity index (χ0v) is 10.2. The van der Waals surface area contributed by atoms with E-state index in [0.717, 1.165) is 31.2 Å². The van der Waals surface area contributed by atoms with Crippen molar-refractivity contribution in [2.75, 3.05) is 0 Å². The molecule has 1 aromatic carbocycles. The number of nitro benzene ring substituents is 1. The minimum Gasteiger partial charge on any atom is -0.484 e. The fourth-order valence-corrected chi connectivity index (χ4v) is 2.24. The Labute approximate surface area is 105 Å². The fourth-order valence-electron chi connectivity index (χ4n) is 2.07. The van der Waals surface area contributed by atoms with Crippen molar-refractivity contribution >= 4 is 17.3 Å². The van der Waals surface area contributed by atoms with Crippen LogP contribution < -0.4 is 4.74 Å². The molecule has 0 N–H and O–H groups in total.